The topological polar surface area (TPSA) is 91.5 Å². The first-order valence-corrected chi connectivity index (χ1v) is 8.08. The zero-order valence-electron chi connectivity index (χ0n) is 13.0. The van der Waals surface area contributed by atoms with Gasteiger partial charge in [-0.1, -0.05) is 0 Å². The summed E-state index contributed by atoms with van der Waals surface area (Å²) in [4.78, 5) is 18.4. The van der Waals surface area contributed by atoms with E-state index in [1.54, 1.807) is 6.20 Å². The van der Waals surface area contributed by atoms with Crippen molar-refractivity contribution in [1.82, 2.24) is 4.98 Å². The van der Waals surface area contributed by atoms with Gasteiger partial charge in [-0.25, -0.2) is 4.98 Å². The molecule has 0 aromatic carbocycles. The maximum atomic E-state index is 11.7. The molecule has 0 radical (unpaired) electrons. The van der Waals surface area contributed by atoms with Crippen LogP contribution < -0.4 is 16.0 Å². The van der Waals surface area contributed by atoms with Crippen molar-refractivity contribution in [1.29, 1.82) is 0 Å². The third-order valence-corrected chi connectivity index (χ3v) is 4.02. The van der Waals surface area contributed by atoms with Crippen LogP contribution in [0.3, 0.4) is 0 Å². The van der Waals surface area contributed by atoms with Crippen LogP contribution in [0.4, 0.5) is 11.5 Å². The summed E-state index contributed by atoms with van der Waals surface area (Å²) in [5, 5.41) is 12.0. The van der Waals surface area contributed by atoms with Gasteiger partial charge in [-0.15, -0.1) is 0 Å². The molecule has 1 aromatic heterocycles. The lowest BCUT2D eigenvalue weighted by Gasteiger charge is -2.36. The van der Waals surface area contributed by atoms with Crippen molar-refractivity contribution >= 4 is 17.4 Å². The van der Waals surface area contributed by atoms with E-state index in [0.29, 0.717) is 31.1 Å². The smallest absolute Gasteiger partial charge is 0.224 e. The summed E-state index contributed by atoms with van der Waals surface area (Å²) in [7, 11) is 0. The van der Waals surface area contributed by atoms with Crippen molar-refractivity contribution in [3.63, 3.8) is 0 Å². The number of nitrogens with two attached hydrogens (primary N) is 1. The molecule has 1 unspecified atom stereocenters. The zero-order chi connectivity index (χ0) is 15.8. The first-order valence-electron chi connectivity index (χ1n) is 8.08. The van der Waals surface area contributed by atoms with Crippen LogP contribution in [0.1, 0.15) is 38.5 Å². The minimum atomic E-state index is -0.0314. The standard InChI is InChI=1S/C16H26N4O2/c17-9-3-5-16(22)19-13-6-7-15(18-12-13)20-10-2-1-4-14(20)8-11-21/h6-7,12,14,21H,1-5,8-11,17H2,(H,19,22). The van der Waals surface area contributed by atoms with Gasteiger partial charge < -0.3 is 21.1 Å². The molecule has 22 heavy (non-hydrogen) atoms. The van der Waals surface area contributed by atoms with Crippen LogP contribution in [0.2, 0.25) is 0 Å². The summed E-state index contributed by atoms with van der Waals surface area (Å²) >= 11 is 0. The molecular weight excluding hydrogens is 280 g/mol. The Labute approximate surface area is 131 Å². The molecule has 4 N–H and O–H groups in total. The summed E-state index contributed by atoms with van der Waals surface area (Å²) in [6, 6.07) is 4.18. The Hall–Kier alpha value is -1.66. The molecule has 1 aromatic rings. The fourth-order valence-corrected chi connectivity index (χ4v) is 2.87. The second-order valence-electron chi connectivity index (χ2n) is 5.70. The number of carbonyl (C=O) groups is 1. The Bertz CT molecular complexity index is 462. The molecule has 0 bridgehead atoms. The molecule has 1 fully saturated rings. The highest BCUT2D eigenvalue weighted by molar-refractivity contribution is 5.90. The highest BCUT2D eigenvalue weighted by Crippen LogP contribution is 2.25. The lowest BCUT2D eigenvalue weighted by atomic mass is 9.99. The second kappa shape index (κ2) is 8.70. The van der Waals surface area contributed by atoms with Gasteiger partial charge >= 0.3 is 0 Å². The van der Waals surface area contributed by atoms with Crippen LogP contribution in [0, 0.1) is 0 Å². The Morgan fingerprint density at radius 2 is 2.32 bits per heavy atom. The lowest BCUT2D eigenvalue weighted by molar-refractivity contribution is -0.116. The summed E-state index contributed by atoms with van der Waals surface area (Å²) in [5.74, 6) is 0.884. The van der Waals surface area contributed by atoms with Crippen molar-refractivity contribution in [2.24, 2.45) is 5.73 Å². The normalized spacial score (nSPS) is 18.3. The molecule has 1 saturated heterocycles. The second-order valence-corrected chi connectivity index (χ2v) is 5.70. The zero-order valence-corrected chi connectivity index (χ0v) is 13.0. The van der Waals surface area contributed by atoms with E-state index in [4.69, 9.17) is 5.73 Å². The quantitative estimate of drug-likeness (QED) is 0.710. The highest BCUT2D eigenvalue weighted by atomic mass is 16.3. The minimum Gasteiger partial charge on any atom is -0.396 e. The average Bonchev–Trinajstić information content (AvgIpc) is 2.55. The van der Waals surface area contributed by atoms with E-state index < -0.39 is 0 Å². The summed E-state index contributed by atoms with van der Waals surface area (Å²) in [6.45, 7) is 1.70. The molecule has 0 saturated carbocycles. The van der Waals surface area contributed by atoms with Gasteiger partial charge in [-0.2, -0.15) is 0 Å². The van der Waals surface area contributed by atoms with Gasteiger partial charge in [0.05, 0.1) is 11.9 Å². The van der Waals surface area contributed by atoms with E-state index in [2.05, 4.69) is 15.2 Å². The number of aliphatic hydroxyl groups is 1. The first-order chi connectivity index (χ1) is 10.7. The molecule has 2 rings (SSSR count). The monoisotopic (exact) mass is 306 g/mol. The SMILES string of the molecule is NCCCC(=O)Nc1ccc(N2CCCCC2CCO)nc1. The number of anilines is 2. The van der Waals surface area contributed by atoms with E-state index in [0.717, 1.165) is 31.6 Å². The number of rotatable bonds is 7. The molecule has 122 valence electrons. The maximum Gasteiger partial charge on any atom is 0.224 e. The third kappa shape index (κ3) is 4.68. The molecule has 2 heterocycles. The predicted octanol–water partition coefficient (Wildman–Crippen LogP) is 1.50. The van der Waals surface area contributed by atoms with Gasteiger partial charge in [-0.05, 0) is 50.8 Å². The predicted molar refractivity (Wildman–Crippen MR) is 87.8 cm³/mol. The minimum absolute atomic E-state index is 0.0314. The number of aliphatic hydroxyl groups excluding tert-OH is 1. The van der Waals surface area contributed by atoms with Crippen LogP contribution in [0.5, 0.6) is 0 Å². The number of nitrogens with zero attached hydrogens (tertiary/aromatic N) is 2. The van der Waals surface area contributed by atoms with Gasteiger partial charge in [0.15, 0.2) is 0 Å². The van der Waals surface area contributed by atoms with Crippen molar-refractivity contribution < 1.29 is 9.90 Å². The van der Waals surface area contributed by atoms with Crippen LogP contribution >= 0.6 is 0 Å². The van der Waals surface area contributed by atoms with E-state index >= 15 is 0 Å². The molecule has 0 aliphatic carbocycles. The lowest BCUT2D eigenvalue weighted by Crippen LogP contribution is -2.40. The fraction of sp³-hybridized carbons (Fsp3) is 0.625. The molecule has 1 aliphatic heterocycles. The van der Waals surface area contributed by atoms with E-state index in [-0.39, 0.29) is 12.5 Å². The van der Waals surface area contributed by atoms with Crippen molar-refractivity contribution in [2.45, 2.75) is 44.6 Å². The molecular formula is C16H26N4O2. The van der Waals surface area contributed by atoms with Gasteiger partial charge in [0.2, 0.25) is 5.91 Å². The maximum absolute atomic E-state index is 11.7. The molecule has 1 amide bonds. The Morgan fingerprint density at radius 3 is 3.00 bits per heavy atom. The largest absolute Gasteiger partial charge is 0.396 e. The summed E-state index contributed by atoms with van der Waals surface area (Å²) in [5.41, 5.74) is 6.10. The number of hydrogen-bond acceptors (Lipinski definition) is 5. The van der Waals surface area contributed by atoms with Crippen LogP contribution in [-0.2, 0) is 4.79 Å². The number of hydrogen-bond donors (Lipinski definition) is 3. The van der Waals surface area contributed by atoms with E-state index in [9.17, 15) is 9.90 Å². The fourth-order valence-electron chi connectivity index (χ4n) is 2.87. The Balaban J connectivity index is 1.96. The number of nitrogens with one attached hydrogen (secondary N) is 1. The number of piperidine rings is 1. The average molecular weight is 306 g/mol. The number of carbonyl (C=O) groups excluding carboxylic acids is 1. The number of aromatic nitrogens is 1. The molecule has 1 atom stereocenters. The van der Waals surface area contributed by atoms with E-state index in [1.807, 2.05) is 12.1 Å². The van der Waals surface area contributed by atoms with E-state index in [1.165, 1.54) is 6.42 Å². The van der Waals surface area contributed by atoms with Crippen molar-refractivity contribution in [2.75, 3.05) is 29.9 Å². The number of pyridine rings is 1. The van der Waals surface area contributed by atoms with Gasteiger partial charge in [0, 0.05) is 25.6 Å². The highest BCUT2D eigenvalue weighted by Gasteiger charge is 2.22. The molecule has 0 spiro atoms. The van der Waals surface area contributed by atoms with Crippen LogP contribution in [0.25, 0.3) is 0 Å². The molecule has 6 heteroatoms. The number of amides is 1. The van der Waals surface area contributed by atoms with Gasteiger partial charge in [0.25, 0.3) is 0 Å². The van der Waals surface area contributed by atoms with Crippen LogP contribution in [-0.4, -0.2) is 41.7 Å². The molecule has 6 nitrogen and oxygen atoms in total. The third-order valence-electron chi connectivity index (χ3n) is 4.02. The van der Waals surface area contributed by atoms with Crippen molar-refractivity contribution in [3.05, 3.63) is 18.3 Å². The van der Waals surface area contributed by atoms with Crippen LogP contribution in [0.15, 0.2) is 18.3 Å². The first kappa shape index (κ1) is 16.7. The Kier molecular flexibility index (Phi) is 6.61. The Morgan fingerprint density at radius 1 is 1.45 bits per heavy atom. The van der Waals surface area contributed by atoms with Gasteiger partial charge in [-0.3, -0.25) is 4.79 Å². The van der Waals surface area contributed by atoms with Crippen molar-refractivity contribution in [3.8, 4) is 0 Å². The summed E-state index contributed by atoms with van der Waals surface area (Å²) in [6.07, 6.45) is 7.05. The van der Waals surface area contributed by atoms with Gasteiger partial charge in [0.1, 0.15) is 5.82 Å². The summed E-state index contributed by atoms with van der Waals surface area (Å²) < 4.78 is 0. The molecule has 1 aliphatic rings.